The van der Waals surface area contributed by atoms with Crippen LogP contribution in [0.1, 0.15) is 29.0 Å². The number of hydrogen-bond acceptors (Lipinski definition) is 5. The molecule has 0 unspecified atom stereocenters. The number of rotatable bonds is 9. The summed E-state index contributed by atoms with van der Waals surface area (Å²) < 4.78 is 0. The van der Waals surface area contributed by atoms with E-state index in [1.54, 1.807) is 12.1 Å². The van der Waals surface area contributed by atoms with Crippen LogP contribution in [0.15, 0.2) is 91.0 Å². The van der Waals surface area contributed by atoms with Crippen LogP contribution in [0.5, 0.6) is 0 Å². The molecule has 0 aliphatic heterocycles. The predicted octanol–water partition coefficient (Wildman–Crippen LogP) is 6.48. The molecule has 3 aromatic carbocycles. The molecule has 4 aromatic rings. The lowest BCUT2D eigenvalue weighted by Gasteiger charge is -2.18. The van der Waals surface area contributed by atoms with Crippen molar-refractivity contribution in [1.82, 2.24) is 10.2 Å². The van der Waals surface area contributed by atoms with Crippen molar-refractivity contribution in [2.75, 3.05) is 17.2 Å². The number of aromatic nitrogens is 2. The van der Waals surface area contributed by atoms with Crippen molar-refractivity contribution in [3.05, 3.63) is 113 Å². The van der Waals surface area contributed by atoms with Crippen molar-refractivity contribution in [3.63, 3.8) is 0 Å². The summed E-state index contributed by atoms with van der Waals surface area (Å²) in [6.45, 7) is 0.726. The van der Waals surface area contributed by atoms with Gasteiger partial charge in [0.15, 0.2) is 0 Å². The van der Waals surface area contributed by atoms with Crippen LogP contribution >= 0.6 is 22.9 Å². The zero-order valence-electron chi connectivity index (χ0n) is 17.8. The highest BCUT2D eigenvalue weighted by molar-refractivity contribution is 7.19. The highest BCUT2D eigenvalue weighted by atomic mass is 35.5. The summed E-state index contributed by atoms with van der Waals surface area (Å²) in [5, 5.41) is 16.0. The van der Waals surface area contributed by atoms with E-state index in [1.165, 1.54) is 28.5 Å². The van der Waals surface area contributed by atoms with E-state index < -0.39 is 0 Å². The predicted molar refractivity (Wildman–Crippen MR) is 137 cm³/mol. The van der Waals surface area contributed by atoms with Gasteiger partial charge in [0.1, 0.15) is 0 Å². The number of benzene rings is 3. The number of nitrogens with zero attached hydrogens (tertiary/aromatic N) is 2. The average molecular weight is 475 g/mol. The molecule has 33 heavy (non-hydrogen) atoms. The Morgan fingerprint density at radius 2 is 1.48 bits per heavy atom. The van der Waals surface area contributed by atoms with E-state index in [2.05, 4.69) is 69.4 Å². The van der Waals surface area contributed by atoms with Gasteiger partial charge < -0.3 is 5.32 Å². The fourth-order valence-corrected chi connectivity index (χ4v) is 4.36. The lowest BCUT2D eigenvalue weighted by Crippen LogP contribution is -2.09. The number of nitrogens with one attached hydrogen (secondary N) is 2. The van der Waals surface area contributed by atoms with Crippen LogP contribution in [0.2, 0.25) is 5.02 Å². The molecule has 0 radical (unpaired) electrons. The minimum atomic E-state index is -0.286. The Labute approximate surface area is 202 Å². The van der Waals surface area contributed by atoms with Gasteiger partial charge in [-0.15, -0.1) is 10.2 Å². The monoisotopic (exact) mass is 474 g/mol. The van der Waals surface area contributed by atoms with E-state index in [9.17, 15) is 4.79 Å². The van der Waals surface area contributed by atoms with Gasteiger partial charge in [-0.05, 0) is 35.3 Å². The van der Waals surface area contributed by atoms with Crippen LogP contribution in [-0.4, -0.2) is 22.6 Å². The van der Waals surface area contributed by atoms with Gasteiger partial charge in [0.05, 0.1) is 0 Å². The Bertz CT molecular complexity index is 1170. The molecular weight excluding hydrogens is 452 g/mol. The Morgan fingerprint density at radius 1 is 0.879 bits per heavy atom. The molecule has 0 bridgehead atoms. The molecule has 0 aliphatic rings. The zero-order chi connectivity index (χ0) is 22.9. The van der Waals surface area contributed by atoms with Crippen molar-refractivity contribution >= 4 is 45.2 Å². The van der Waals surface area contributed by atoms with Gasteiger partial charge in [0.2, 0.25) is 16.2 Å². The normalized spacial score (nSPS) is 11.1. The van der Waals surface area contributed by atoms with Crippen molar-refractivity contribution in [1.29, 1.82) is 0 Å². The molecule has 7 heteroatoms. The van der Waals surface area contributed by atoms with Crippen molar-refractivity contribution < 1.29 is 4.79 Å². The SMILES string of the molecule is O=C(C=Cc1ccccc1Cl)Nc1nnc(NCCC(c2ccccc2)c2ccccc2)s1. The molecule has 166 valence electrons. The first kappa shape index (κ1) is 22.7. The number of amides is 1. The molecule has 0 aliphatic carbocycles. The van der Waals surface area contributed by atoms with Crippen molar-refractivity contribution in [3.8, 4) is 0 Å². The largest absolute Gasteiger partial charge is 0.360 e. The standard InChI is InChI=1S/C26H23ClN4OS/c27-23-14-8-7-13-21(23)15-16-24(32)29-26-31-30-25(33-26)28-18-17-22(19-9-3-1-4-10-19)20-11-5-2-6-12-20/h1-16,22H,17-18H2,(H,28,30)(H,29,31,32). The number of halogens is 1. The third-order valence-electron chi connectivity index (χ3n) is 5.09. The first-order chi connectivity index (χ1) is 16.2. The molecule has 1 amide bonds. The fraction of sp³-hybridized carbons (Fsp3) is 0.115. The van der Waals surface area contributed by atoms with Gasteiger partial charge in [-0.2, -0.15) is 0 Å². The van der Waals surface area contributed by atoms with Crippen molar-refractivity contribution in [2.45, 2.75) is 12.3 Å². The first-order valence-electron chi connectivity index (χ1n) is 10.6. The summed E-state index contributed by atoms with van der Waals surface area (Å²) in [7, 11) is 0. The van der Waals surface area contributed by atoms with Crippen LogP contribution in [0, 0.1) is 0 Å². The van der Waals surface area contributed by atoms with E-state index in [4.69, 9.17) is 11.6 Å². The maximum Gasteiger partial charge on any atom is 0.250 e. The van der Waals surface area contributed by atoms with E-state index in [0.29, 0.717) is 15.3 Å². The molecule has 1 aromatic heterocycles. The minimum absolute atomic E-state index is 0.280. The minimum Gasteiger partial charge on any atom is -0.360 e. The molecule has 0 spiro atoms. The van der Waals surface area contributed by atoms with Gasteiger partial charge >= 0.3 is 0 Å². The maximum absolute atomic E-state index is 12.2. The second-order valence-electron chi connectivity index (χ2n) is 7.35. The third kappa shape index (κ3) is 6.51. The lowest BCUT2D eigenvalue weighted by atomic mass is 9.88. The second kappa shape index (κ2) is 11.4. The van der Waals surface area contributed by atoms with Crippen molar-refractivity contribution in [2.24, 2.45) is 0 Å². The Kier molecular flexibility index (Phi) is 7.85. The topological polar surface area (TPSA) is 66.9 Å². The van der Waals surface area contributed by atoms with E-state index >= 15 is 0 Å². The zero-order valence-corrected chi connectivity index (χ0v) is 19.4. The molecule has 0 saturated heterocycles. The van der Waals surface area contributed by atoms with Crippen LogP contribution in [0.4, 0.5) is 10.3 Å². The number of carbonyl (C=O) groups excluding carboxylic acids is 1. The summed E-state index contributed by atoms with van der Waals surface area (Å²) >= 11 is 7.41. The summed E-state index contributed by atoms with van der Waals surface area (Å²) in [6.07, 6.45) is 4.00. The van der Waals surface area contributed by atoms with Gasteiger partial charge in [0, 0.05) is 23.6 Å². The molecule has 0 fully saturated rings. The third-order valence-corrected chi connectivity index (χ3v) is 6.23. The molecule has 2 N–H and O–H groups in total. The molecule has 0 atom stereocenters. The molecule has 4 rings (SSSR count). The molecular formula is C26H23ClN4OS. The number of carbonyl (C=O) groups is 1. The second-order valence-corrected chi connectivity index (χ2v) is 8.73. The quantitative estimate of drug-likeness (QED) is 0.272. The highest BCUT2D eigenvalue weighted by Crippen LogP contribution is 2.28. The average Bonchev–Trinajstić information content (AvgIpc) is 3.29. The Hall–Kier alpha value is -3.48. The summed E-state index contributed by atoms with van der Waals surface area (Å²) in [4.78, 5) is 12.2. The van der Waals surface area contributed by atoms with Gasteiger partial charge in [-0.3, -0.25) is 10.1 Å². The van der Waals surface area contributed by atoms with Crippen LogP contribution < -0.4 is 10.6 Å². The van der Waals surface area contributed by atoms with Crippen LogP contribution in [0.25, 0.3) is 6.08 Å². The summed E-state index contributed by atoms with van der Waals surface area (Å²) in [5.74, 6) is -0.00668. The maximum atomic E-state index is 12.2. The van der Waals surface area contributed by atoms with E-state index in [1.807, 2.05) is 30.3 Å². The molecule has 1 heterocycles. The summed E-state index contributed by atoms with van der Waals surface area (Å²) in [5.41, 5.74) is 3.34. The Balaban J connectivity index is 1.33. The van der Waals surface area contributed by atoms with Crippen LogP contribution in [-0.2, 0) is 4.79 Å². The fourth-order valence-electron chi connectivity index (χ4n) is 3.49. The van der Waals surface area contributed by atoms with E-state index in [-0.39, 0.29) is 11.8 Å². The molecule has 0 saturated carbocycles. The number of hydrogen-bond donors (Lipinski definition) is 2. The van der Waals surface area contributed by atoms with Gasteiger partial charge in [-0.25, -0.2) is 0 Å². The Morgan fingerprint density at radius 3 is 2.15 bits per heavy atom. The number of anilines is 2. The van der Waals surface area contributed by atoms with E-state index in [0.717, 1.165) is 18.5 Å². The lowest BCUT2D eigenvalue weighted by molar-refractivity contribution is -0.111. The van der Waals surface area contributed by atoms with Gasteiger partial charge in [-0.1, -0.05) is 102 Å². The van der Waals surface area contributed by atoms with Gasteiger partial charge in [0.25, 0.3) is 0 Å². The molecule has 5 nitrogen and oxygen atoms in total. The first-order valence-corrected chi connectivity index (χ1v) is 11.8. The smallest absolute Gasteiger partial charge is 0.250 e. The summed E-state index contributed by atoms with van der Waals surface area (Å²) in [6, 6.07) is 28.3. The van der Waals surface area contributed by atoms with Crippen LogP contribution in [0.3, 0.4) is 0 Å². The highest BCUT2D eigenvalue weighted by Gasteiger charge is 2.14.